The molecule has 2 heterocycles. The molecule has 0 N–H and O–H groups in total. The van der Waals surface area contributed by atoms with Gasteiger partial charge in [-0.1, -0.05) is 88.7 Å². The number of aromatic nitrogens is 2. The predicted molar refractivity (Wildman–Crippen MR) is 151 cm³/mol. The molecule has 0 saturated heterocycles. The molecule has 0 saturated carbocycles. The van der Waals surface area contributed by atoms with Gasteiger partial charge in [0.2, 0.25) is 0 Å². The summed E-state index contributed by atoms with van der Waals surface area (Å²) < 4.78 is 14.6. The molecule has 0 aliphatic rings. The third-order valence-electron chi connectivity index (χ3n) is 6.46. The Morgan fingerprint density at radius 1 is 0.829 bits per heavy atom. The number of imidazole rings is 1. The molecule has 0 amide bonds. The number of halogens is 1. The number of nitrogens with zero attached hydrogens (tertiary/aromatic N) is 2. The average molecular weight is 471 g/mol. The largest absolute Gasteiger partial charge is 0.292 e. The first-order valence-corrected chi connectivity index (χ1v) is 12.8. The third-order valence-corrected chi connectivity index (χ3v) is 6.46. The molecule has 0 unspecified atom stereocenters. The van der Waals surface area contributed by atoms with Gasteiger partial charge in [-0.05, 0) is 61.8 Å². The minimum Gasteiger partial charge on any atom is -0.292 e. The number of hydrogen-bond acceptors (Lipinski definition) is 1. The summed E-state index contributed by atoms with van der Waals surface area (Å²) in [6, 6.07) is 21.7. The molecule has 3 heteroatoms. The van der Waals surface area contributed by atoms with Crippen LogP contribution in [0, 0.1) is 26.7 Å². The van der Waals surface area contributed by atoms with E-state index in [-0.39, 0.29) is 5.92 Å². The Kier molecular flexibility index (Phi) is 8.67. The molecular weight excluding hydrogens is 431 g/mol. The van der Waals surface area contributed by atoms with E-state index in [9.17, 15) is 4.39 Å². The van der Waals surface area contributed by atoms with Gasteiger partial charge in [-0.3, -0.25) is 4.40 Å². The molecule has 0 radical (unpaired) electrons. The second-order valence-electron chi connectivity index (χ2n) is 9.30. The van der Waals surface area contributed by atoms with Gasteiger partial charge in [0.15, 0.2) is 0 Å². The fourth-order valence-corrected chi connectivity index (χ4v) is 4.63. The first kappa shape index (κ1) is 26.4. The van der Waals surface area contributed by atoms with Crippen LogP contribution in [0.4, 0.5) is 4.39 Å². The predicted octanol–water partition coefficient (Wildman–Crippen LogP) is 9.65. The highest BCUT2D eigenvalue weighted by atomic mass is 19.1. The lowest BCUT2D eigenvalue weighted by atomic mass is 9.99. The maximum absolute atomic E-state index is 12.3. The lowest BCUT2D eigenvalue weighted by Crippen LogP contribution is -2.05. The normalized spacial score (nSPS) is 11.8. The van der Waals surface area contributed by atoms with E-state index in [4.69, 9.17) is 4.98 Å². The van der Waals surface area contributed by atoms with Gasteiger partial charge in [-0.2, -0.15) is 0 Å². The smallest absolute Gasteiger partial charge is 0.145 e. The first-order chi connectivity index (χ1) is 16.8. The second-order valence-corrected chi connectivity index (χ2v) is 9.30. The van der Waals surface area contributed by atoms with Gasteiger partial charge < -0.3 is 0 Å². The van der Waals surface area contributed by atoms with E-state index in [0.717, 1.165) is 11.3 Å². The van der Waals surface area contributed by atoms with Gasteiger partial charge in [0.25, 0.3) is 0 Å². The fourth-order valence-electron chi connectivity index (χ4n) is 4.63. The summed E-state index contributed by atoms with van der Waals surface area (Å²) in [6.07, 6.45) is 2.08. The molecule has 0 fully saturated rings. The highest BCUT2D eigenvalue weighted by Crippen LogP contribution is 2.35. The van der Waals surface area contributed by atoms with E-state index in [1.807, 2.05) is 40.8 Å². The Bertz CT molecular complexity index is 1410. The minimum atomic E-state index is -0.597. The van der Waals surface area contributed by atoms with E-state index < -0.39 is 6.17 Å². The van der Waals surface area contributed by atoms with Crippen LogP contribution >= 0.6 is 0 Å². The van der Waals surface area contributed by atoms with E-state index in [2.05, 4.69) is 85.8 Å². The number of aryl methyl sites for hydroxylation is 3. The highest BCUT2D eigenvalue weighted by molar-refractivity contribution is 6.12. The van der Waals surface area contributed by atoms with Crippen LogP contribution in [0.2, 0.25) is 0 Å². The van der Waals surface area contributed by atoms with Crippen LogP contribution in [-0.2, 0) is 0 Å². The molecule has 184 valence electrons. The number of pyridine rings is 1. The van der Waals surface area contributed by atoms with Gasteiger partial charge in [-0.25, -0.2) is 9.37 Å². The SMILES string of the molecule is CC.CC[C@H](F)C(C)C.Cc1ccc2c(c1)c1ccccc1c1ncc(-c3c(C)cccc3C)n21. The van der Waals surface area contributed by atoms with Crippen molar-refractivity contribution in [3.05, 3.63) is 83.6 Å². The van der Waals surface area contributed by atoms with Crippen LogP contribution in [0.25, 0.3) is 38.6 Å². The van der Waals surface area contributed by atoms with E-state index in [0.29, 0.717) is 6.42 Å². The van der Waals surface area contributed by atoms with Gasteiger partial charge >= 0.3 is 0 Å². The summed E-state index contributed by atoms with van der Waals surface area (Å²) in [6.45, 7) is 16.2. The van der Waals surface area contributed by atoms with Crippen molar-refractivity contribution in [2.75, 3.05) is 0 Å². The van der Waals surface area contributed by atoms with E-state index in [1.54, 1.807) is 0 Å². The molecule has 35 heavy (non-hydrogen) atoms. The molecule has 2 aromatic heterocycles. The molecule has 0 spiro atoms. The number of alkyl halides is 1. The van der Waals surface area contributed by atoms with Crippen molar-refractivity contribution >= 4 is 27.3 Å². The van der Waals surface area contributed by atoms with E-state index >= 15 is 0 Å². The van der Waals surface area contributed by atoms with Gasteiger partial charge in [0, 0.05) is 16.3 Å². The van der Waals surface area contributed by atoms with Crippen molar-refractivity contribution in [2.24, 2.45) is 5.92 Å². The Balaban J connectivity index is 0.000000331. The lowest BCUT2D eigenvalue weighted by molar-refractivity contribution is 0.248. The standard InChI is InChI=1S/C24H20N2.C6H13F.C2H6/c1-15-11-12-21-20(13-15)18-9-4-5-10-19(18)24-25-14-22(26(21)24)23-16(2)7-6-8-17(23)3;1-4-6(7)5(2)3;1-2/h4-14H,1-3H3;5-6H,4H2,1-3H3;1-2H3/t;6-;/m.0./s1. The molecule has 2 nitrogen and oxygen atoms in total. The Morgan fingerprint density at radius 2 is 1.46 bits per heavy atom. The first-order valence-electron chi connectivity index (χ1n) is 12.8. The highest BCUT2D eigenvalue weighted by Gasteiger charge is 2.16. The molecule has 3 aromatic carbocycles. The Morgan fingerprint density at radius 3 is 2.03 bits per heavy atom. The Hall–Kier alpha value is -3.20. The van der Waals surface area contributed by atoms with Crippen molar-refractivity contribution in [3.8, 4) is 11.3 Å². The second kappa shape index (κ2) is 11.5. The summed E-state index contributed by atoms with van der Waals surface area (Å²) >= 11 is 0. The number of benzene rings is 3. The lowest BCUT2D eigenvalue weighted by Gasteiger charge is -2.14. The molecule has 1 atom stereocenters. The van der Waals surface area contributed by atoms with Gasteiger partial charge in [-0.15, -0.1) is 0 Å². The van der Waals surface area contributed by atoms with Gasteiger partial charge in [0.1, 0.15) is 11.8 Å². The maximum Gasteiger partial charge on any atom is 0.145 e. The minimum absolute atomic E-state index is 0.199. The average Bonchev–Trinajstić information content (AvgIpc) is 3.30. The molecular formula is C32H39FN2. The van der Waals surface area contributed by atoms with Crippen LogP contribution in [0.5, 0.6) is 0 Å². The quantitative estimate of drug-likeness (QED) is 0.240. The monoisotopic (exact) mass is 470 g/mol. The van der Waals surface area contributed by atoms with Crippen LogP contribution < -0.4 is 0 Å². The van der Waals surface area contributed by atoms with E-state index in [1.165, 1.54) is 43.9 Å². The van der Waals surface area contributed by atoms with Crippen LogP contribution in [0.15, 0.2) is 66.9 Å². The zero-order valence-corrected chi connectivity index (χ0v) is 22.5. The number of rotatable bonds is 3. The van der Waals surface area contributed by atoms with Crippen molar-refractivity contribution in [3.63, 3.8) is 0 Å². The third kappa shape index (κ3) is 5.24. The fraction of sp³-hybridized carbons (Fsp3) is 0.344. The van der Waals surface area contributed by atoms with Crippen molar-refractivity contribution in [2.45, 2.75) is 68.0 Å². The molecule has 5 rings (SSSR count). The Labute approximate surface area is 209 Å². The molecule has 0 aliphatic carbocycles. The number of fused-ring (bicyclic) bond motifs is 6. The van der Waals surface area contributed by atoms with Crippen LogP contribution in [0.3, 0.4) is 0 Å². The summed E-state index contributed by atoms with van der Waals surface area (Å²) in [5.41, 5.74) is 8.50. The summed E-state index contributed by atoms with van der Waals surface area (Å²) in [5, 5.41) is 3.74. The summed E-state index contributed by atoms with van der Waals surface area (Å²) in [5.74, 6) is 0.199. The summed E-state index contributed by atoms with van der Waals surface area (Å²) in [7, 11) is 0. The topological polar surface area (TPSA) is 17.3 Å². The molecule has 0 aliphatic heterocycles. The van der Waals surface area contributed by atoms with Crippen LogP contribution in [0.1, 0.15) is 57.7 Å². The molecule has 0 bridgehead atoms. The van der Waals surface area contributed by atoms with Gasteiger partial charge in [0.05, 0.1) is 17.4 Å². The molecule has 5 aromatic rings. The van der Waals surface area contributed by atoms with Crippen molar-refractivity contribution < 1.29 is 4.39 Å². The maximum atomic E-state index is 12.3. The van der Waals surface area contributed by atoms with Crippen LogP contribution in [-0.4, -0.2) is 15.6 Å². The van der Waals surface area contributed by atoms with Crippen molar-refractivity contribution in [1.29, 1.82) is 0 Å². The zero-order valence-electron chi connectivity index (χ0n) is 22.5. The number of hydrogen-bond donors (Lipinski definition) is 0. The zero-order chi connectivity index (χ0) is 25.7. The summed E-state index contributed by atoms with van der Waals surface area (Å²) in [4.78, 5) is 4.84. The van der Waals surface area contributed by atoms with Crippen molar-refractivity contribution in [1.82, 2.24) is 9.38 Å².